The Hall–Kier alpha value is -3.35. The van der Waals surface area contributed by atoms with Crippen molar-refractivity contribution in [2.45, 2.75) is 0 Å². The molecule has 0 aliphatic heterocycles. The lowest BCUT2D eigenvalue weighted by atomic mass is 10.1. The first-order valence-electron chi connectivity index (χ1n) is 9.99. The van der Waals surface area contributed by atoms with Crippen molar-refractivity contribution in [2.75, 3.05) is 28.4 Å². The lowest BCUT2D eigenvalue weighted by Gasteiger charge is -2.12. The van der Waals surface area contributed by atoms with Crippen LogP contribution in [-0.2, 0) is 0 Å². The predicted octanol–water partition coefficient (Wildman–Crippen LogP) is 6.55. The summed E-state index contributed by atoms with van der Waals surface area (Å²) in [7, 11) is 6.40. The van der Waals surface area contributed by atoms with Gasteiger partial charge in [0.15, 0.2) is 23.0 Å². The molecule has 0 atom stereocenters. The molecule has 0 bridgehead atoms. The van der Waals surface area contributed by atoms with E-state index >= 15 is 0 Å². The van der Waals surface area contributed by atoms with Gasteiger partial charge in [0.05, 0.1) is 50.5 Å². The Morgan fingerprint density at radius 2 is 1.21 bits per heavy atom. The van der Waals surface area contributed by atoms with E-state index in [-0.39, 0.29) is 0 Å². The van der Waals surface area contributed by atoms with Gasteiger partial charge >= 0.3 is 0 Å². The van der Waals surface area contributed by atoms with Crippen LogP contribution in [0.15, 0.2) is 60.7 Å². The molecule has 1 heterocycles. The Kier molecular flexibility index (Phi) is 6.67. The van der Waals surface area contributed by atoms with Crippen LogP contribution in [0.5, 0.6) is 23.0 Å². The fourth-order valence-electron chi connectivity index (χ4n) is 3.55. The number of ether oxygens (including phenoxy) is 4. The third-order valence-electron chi connectivity index (χ3n) is 5.20. The topological polar surface area (TPSA) is 54.7 Å². The maximum absolute atomic E-state index is 6.54. The molecule has 0 aliphatic rings. The molecule has 1 aromatic heterocycles. The lowest BCUT2D eigenvalue weighted by Crippen LogP contribution is -2.01. The maximum Gasteiger partial charge on any atom is 0.161 e. The van der Waals surface area contributed by atoms with Crippen molar-refractivity contribution < 1.29 is 18.9 Å². The smallest absolute Gasteiger partial charge is 0.161 e. The Morgan fingerprint density at radius 3 is 1.82 bits per heavy atom. The highest BCUT2D eigenvalue weighted by Gasteiger charge is 2.18. The lowest BCUT2D eigenvalue weighted by molar-refractivity contribution is 0.355. The highest BCUT2D eigenvalue weighted by atomic mass is 35.5. The number of hydrogen-bond acceptors (Lipinski definition) is 5. The zero-order valence-corrected chi connectivity index (χ0v) is 20.1. The van der Waals surface area contributed by atoms with Crippen LogP contribution in [0.2, 0.25) is 10.0 Å². The summed E-state index contributed by atoms with van der Waals surface area (Å²) in [6.07, 6.45) is 0. The molecular weight excluding hydrogens is 463 g/mol. The predicted molar refractivity (Wildman–Crippen MR) is 131 cm³/mol. The van der Waals surface area contributed by atoms with Gasteiger partial charge in [-0.1, -0.05) is 23.2 Å². The van der Waals surface area contributed by atoms with Crippen molar-refractivity contribution in [3.8, 4) is 51.2 Å². The van der Waals surface area contributed by atoms with Crippen molar-refractivity contribution in [1.29, 1.82) is 0 Å². The molecular formula is C25H22Cl2N2O4. The van der Waals surface area contributed by atoms with Crippen LogP contribution in [-0.4, -0.2) is 38.2 Å². The number of nitrogens with zero attached hydrogens (tertiary/aromatic N) is 2. The Bertz CT molecular complexity index is 1300. The van der Waals surface area contributed by atoms with Gasteiger partial charge in [0, 0.05) is 16.1 Å². The first kappa shape index (κ1) is 22.8. The van der Waals surface area contributed by atoms with E-state index in [1.54, 1.807) is 51.3 Å². The van der Waals surface area contributed by atoms with Crippen molar-refractivity contribution in [2.24, 2.45) is 0 Å². The van der Waals surface area contributed by atoms with Crippen molar-refractivity contribution in [3.05, 3.63) is 70.7 Å². The molecule has 170 valence electrons. The highest BCUT2D eigenvalue weighted by molar-refractivity contribution is 6.34. The minimum absolute atomic E-state index is 0.517. The van der Waals surface area contributed by atoms with E-state index in [9.17, 15) is 0 Å². The van der Waals surface area contributed by atoms with Crippen LogP contribution in [0.3, 0.4) is 0 Å². The van der Waals surface area contributed by atoms with Crippen LogP contribution in [0.25, 0.3) is 28.2 Å². The van der Waals surface area contributed by atoms with Gasteiger partial charge in [0.1, 0.15) is 0 Å². The molecule has 0 aliphatic carbocycles. The Balaban J connectivity index is 1.94. The molecule has 0 unspecified atom stereocenters. The van der Waals surface area contributed by atoms with E-state index in [0.717, 1.165) is 22.5 Å². The van der Waals surface area contributed by atoms with Crippen molar-refractivity contribution >= 4 is 23.2 Å². The summed E-state index contributed by atoms with van der Waals surface area (Å²) >= 11 is 12.8. The molecule has 4 rings (SSSR count). The summed E-state index contributed by atoms with van der Waals surface area (Å²) in [6, 6.07) is 18.6. The second-order valence-corrected chi connectivity index (χ2v) is 7.91. The molecule has 0 fully saturated rings. The highest BCUT2D eigenvalue weighted by Crippen LogP contribution is 2.38. The molecule has 8 heteroatoms. The van der Waals surface area contributed by atoms with Gasteiger partial charge in [0.2, 0.25) is 0 Å². The maximum atomic E-state index is 6.54. The van der Waals surface area contributed by atoms with E-state index in [2.05, 4.69) is 0 Å². The quantitative estimate of drug-likeness (QED) is 0.297. The largest absolute Gasteiger partial charge is 0.493 e. The van der Waals surface area contributed by atoms with Gasteiger partial charge in [-0.2, -0.15) is 5.10 Å². The number of hydrogen-bond donors (Lipinski definition) is 0. The third kappa shape index (κ3) is 4.45. The second kappa shape index (κ2) is 9.65. The van der Waals surface area contributed by atoms with Crippen LogP contribution in [0, 0.1) is 0 Å². The summed E-state index contributed by atoms with van der Waals surface area (Å²) < 4.78 is 23.5. The number of rotatable bonds is 7. The molecule has 0 N–H and O–H groups in total. The molecule has 0 saturated carbocycles. The molecule has 0 saturated heterocycles. The number of benzene rings is 3. The van der Waals surface area contributed by atoms with Crippen LogP contribution >= 0.6 is 23.2 Å². The summed E-state index contributed by atoms with van der Waals surface area (Å²) in [4.78, 5) is 0. The fraction of sp³-hybridized carbons (Fsp3) is 0.160. The van der Waals surface area contributed by atoms with Gasteiger partial charge in [-0.15, -0.1) is 0 Å². The van der Waals surface area contributed by atoms with Gasteiger partial charge in [0.25, 0.3) is 0 Å². The molecule has 0 amide bonds. The monoisotopic (exact) mass is 484 g/mol. The standard InChI is InChI=1S/C25H22Cl2N2O4/c1-30-22-9-5-15(11-24(22)32-3)19-14-20(16-6-10-23(31-2)25(12-16)33-4)29(28-19)21-13-17(26)7-8-18(21)27/h5-14H,1-4H3. The fourth-order valence-corrected chi connectivity index (χ4v) is 3.91. The van der Waals surface area contributed by atoms with Crippen molar-refractivity contribution in [1.82, 2.24) is 9.78 Å². The van der Waals surface area contributed by atoms with Gasteiger partial charge in [-0.3, -0.25) is 0 Å². The first-order chi connectivity index (χ1) is 16.0. The number of halogens is 2. The molecule has 0 radical (unpaired) electrons. The Labute approximate surface area is 202 Å². The van der Waals surface area contributed by atoms with E-state index in [1.165, 1.54) is 0 Å². The molecule has 4 aromatic rings. The SMILES string of the molecule is COc1ccc(-c2cc(-c3ccc(OC)c(OC)c3)n(-c3cc(Cl)ccc3Cl)n2)cc1OC. The minimum atomic E-state index is 0.517. The van der Waals surface area contributed by atoms with Crippen LogP contribution in [0.4, 0.5) is 0 Å². The molecule has 0 spiro atoms. The third-order valence-corrected chi connectivity index (χ3v) is 5.76. The average Bonchev–Trinajstić information content (AvgIpc) is 3.29. The van der Waals surface area contributed by atoms with E-state index in [4.69, 9.17) is 47.2 Å². The van der Waals surface area contributed by atoms with Gasteiger partial charge in [-0.25, -0.2) is 4.68 Å². The summed E-state index contributed by atoms with van der Waals surface area (Å²) in [5, 5.41) is 5.93. The zero-order chi connectivity index (χ0) is 23.5. The van der Waals surface area contributed by atoms with Gasteiger partial charge in [-0.05, 0) is 60.7 Å². The second-order valence-electron chi connectivity index (χ2n) is 7.06. The number of methoxy groups -OCH3 is 4. The summed E-state index contributed by atoms with van der Waals surface area (Å²) in [5.41, 5.74) is 3.89. The van der Waals surface area contributed by atoms with E-state index in [1.807, 2.05) is 42.5 Å². The number of aromatic nitrogens is 2. The zero-order valence-electron chi connectivity index (χ0n) is 18.6. The normalized spacial score (nSPS) is 10.7. The molecule has 33 heavy (non-hydrogen) atoms. The van der Waals surface area contributed by atoms with Crippen molar-refractivity contribution in [3.63, 3.8) is 0 Å². The van der Waals surface area contributed by atoms with Crippen LogP contribution in [0.1, 0.15) is 0 Å². The summed E-state index contributed by atoms with van der Waals surface area (Å²) in [5.74, 6) is 2.48. The average molecular weight is 485 g/mol. The minimum Gasteiger partial charge on any atom is -0.493 e. The molecule has 6 nitrogen and oxygen atoms in total. The Morgan fingerprint density at radius 1 is 0.636 bits per heavy atom. The summed E-state index contributed by atoms with van der Waals surface area (Å²) in [6.45, 7) is 0. The molecule has 3 aromatic carbocycles. The first-order valence-corrected chi connectivity index (χ1v) is 10.7. The van der Waals surface area contributed by atoms with E-state index < -0.39 is 0 Å². The van der Waals surface area contributed by atoms with Crippen LogP contribution < -0.4 is 18.9 Å². The van der Waals surface area contributed by atoms with Gasteiger partial charge < -0.3 is 18.9 Å². The van der Waals surface area contributed by atoms with E-state index in [0.29, 0.717) is 38.7 Å².